The summed E-state index contributed by atoms with van der Waals surface area (Å²) in [4.78, 5) is 4.10. The highest BCUT2D eigenvalue weighted by Crippen LogP contribution is 2.30. The molecule has 2 aromatic rings. The van der Waals surface area contributed by atoms with Gasteiger partial charge in [-0.2, -0.15) is 5.10 Å². The Morgan fingerprint density at radius 2 is 2.11 bits per heavy atom. The molecule has 5 nitrogen and oxygen atoms in total. The second-order valence-corrected chi connectivity index (χ2v) is 5.36. The molecule has 0 aromatic carbocycles. The predicted octanol–water partition coefficient (Wildman–Crippen LogP) is 3.03. The van der Waals surface area contributed by atoms with Crippen LogP contribution in [0.3, 0.4) is 0 Å². The Kier molecular flexibility index (Phi) is 3.56. The molecule has 18 heavy (non-hydrogen) atoms. The molecule has 2 aromatic heterocycles. The standard InChI is InChI=1S/C12H16BrN5/c1-7(2)11-10(14)12(18(3)17-11)16-9-4-8(13)5-15-6-9/h4-7,16H,14H2,1-3H3. The van der Waals surface area contributed by atoms with Crippen LogP contribution in [0, 0.1) is 0 Å². The minimum atomic E-state index is 0.299. The fourth-order valence-corrected chi connectivity index (χ4v) is 2.12. The molecule has 0 unspecified atom stereocenters. The normalized spacial score (nSPS) is 10.9. The summed E-state index contributed by atoms with van der Waals surface area (Å²) < 4.78 is 2.67. The summed E-state index contributed by atoms with van der Waals surface area (Å²) in [6.07, 6.45) is 3.48. The number of pyridine rings is 1. The van der Waals surface area contributed by atoms with Crippen LogP contribution in [0.4, 0.5) is 17.2 Å². The van der Waals surface area contributed by atoms with E-state index in [9.17, 15) is 0 Å². The average molecular weight is 310 g/mol. The fourth-order valence-electron chi connectivity index (χ4n) is 1.75. The van der Waals surface area contributed by atoms with Crippen molar-refractivity contribution < 1.29 is 0 Å². The number of halogens is 1. The number of nitrogens with zero attached hydrogens (tertiary/aromatic N) is 3. The summed E-state index contributed by atoms with van der Waals surface area (Å²) in [7, 11) is 1.87. The first-order valence-corrected chi connectivity index (χ1v) is 6.48. The molecule has 0 bridgehead atoms. The topological polar surface area (TPSA) is 68.8 Å². The smallest absolute Gasteiger partial charge is 0.152 e. The first-order chi connectivity index (χ1) is 8.49. The molecule has 3 N–H and O–H groups in total. The lowest BCUT2D eigenvalue weighted by Gasteiger charge is -2.07. The highest BCUT2D eigenvalue weighted by atomic mass is 79.9. The van der Waals surface area contributed by atoms with Crippen LogP contribution in [0.2, 0.25) is 0 Å². The van der Waals surface area contributed by atoms with Gasteiger partial charge >= 0.3 is 0 Å². The predicted molar refractivity (Wildman–Crippen MR) is 76.9 cm³/mol. The van der Waals surface area contributed by atoms with Crippen LogP contribution in [0.15, 0.2) is 22.9 Å². The average Bonchev–Trinajstić information content (AvgIpc) is 2.57. The van der Waals surface area contributed by atoms with E-state index in [-0.39, 0.29) is 0 Å². The van der Waals surface area contributed by atoms with Crippen LogP contribution >= 0.6 is 15.9 Å². The lowest BCUT2D eigenvalue weighted by Crippen LogP contribution is -2.01. The molecular formula is C12H16BrN5. The molecule has 0 aliphatic heterocycles. The van der Waals surface area contributed by atoms with Gasteiger partial charge in [0.25, 0.3) is 0 Å². The van der Waals surface area contributed by atoms with Crippen molar-refractivity contribution in [3.63, 3.8) is 0 Å². The quantitative estimate of drug-likeness (QED) is 0.914. The van der Waals surface area contributed by atoms with E-state index >= 15 is 0 Å². The Labute approximate surface area is 115 Å². The number of hydrogen-bond donors (Lipinski definition) is 2. The molecule has 0 aliphatic carbocycles. The summed E-state index contributed by atoms with van der Waals surface area (Å²) in [6, 6.07) is 1.94. The SMILES string of the molecule is CC(C)c1nn(C)c(Nc2cncc(Br)c2)c1N. The van der Waals surface area contributed by atoms with Crippen molar-refractivity contribution in [1.29, 1.82) is 0 Å². The minimum absolute atomic E-state index is 0.299. The minimum Gasteiger partial charge on any atom is -0.394 e. The van der Waals surface area contributed by atoms with Gasteiger partial charge in [0, 0.05) is 17.7 Å². The monoisotopic (exact) mass is 309 g/mol. The van der Waals surface area contributed by atoms with Crippen molar-refractivity contribution in [2.75, 3.05) is 11.1 Å². The van der Waals surface area contributed by atoms with Crippen molar-refractivity contribution in [1.82, 2.24) is 14.8 Å². The number of anilines is 3. The third-order valence-electron chi connectivity index (χ3n) is 2.63. The molecule has 6 heteroatoms. The van der Waals surface area contributed by atoms with Gasteiger partial charge in [0.1, 0.15) is 0 Å². The van der Waals surface area contributed by atoms with E-state index in [1.54, 1.807) is 17.1 Å². The number of aryl methyl sites for hydroxylation is 1. The van der Waals surface area contributed by atoms with Crippen LogP contribution in [0.25, 0.3) is 0 Å². The maximum atomic E-state index is 6.11. The van der Waals surface area contributed by atoms with E-state index < -0.39 is 0 Å². The Morgan fingerprint density at radius 3 is 2.67 bits per heavy atom. The zero-order valence-electron chi connectivity index (χ0n) is 10.6. The van der Waals surface area contributed by atoms with E-state index in [1.165, 1.54) is 0 Å². The number of nitrogens with two attached hydrogens (primary N) is 1. The van der Waals surface area contributed by atoms with Gasteiger partial charge in [-0.05, 0) is 27.9 Å². The van der Waals surface area contributed by atoms with Gasteiger partial charge in [0.2, 0.25) is 0 Å². The van der Waals surface area contributed by atoms with Crippen LogP contribution in [0.5, 0.6) is 0 Å². The summed E-state index contributed by atoms with van der Waals surface area (Å²) in [5.74, 6) is 1.09. The van der Waals surface area contributed by atoms with Crippen molar-refractivity contribution in [3.8, 4) is 0 Å². The third kappa shape index (κ3) is 2.48. The second-order valence-electron chi connectivity index (χ2n) is 4.44. The summed E-state index contributed by atoms with van der Waals surface area (Å²) in [6.45, 7) is 4.15. The Bertz CT molecular complexity index is 562. The molecule has 2 rings (SSSR count). The number of rotatable bonds is 3. The molecule has 0 atom stereocenters. The van der Waals surface area contributed by atoms with Gasteiger partial charge in [0.05, 0.1) is 23.3 Å². The first-order valence-electron chi connectivity index (χ1n) is 5.69. The molecule has 0 spiro atoms. The molecule has 0 saturated heterocycles. The molecule has 0 radical (unpaired) electrons. The Balaban J connectivity index is 2.35. The van der Waals surface area contributed by atoms with E-state index in [2.05, 4.69) is 45.2 Å². The van der Waals surface area contributed by atoms with Crippen molar-refractivity contribution in [2.24, 2.45) is 7.05 Å². The summed E-state index contributed by atoms with van der Waals surface area (Å²) in [5, 5.41) is 7.66. The molecule has 0 saturated carbocycles. The summed E-state index contributed by atoms with van der Waals surface area (Å²) in [5.41, 5.74) is 8.58. The highest BCUT2D eigenvalue weighted by molar-refractivity contribution is 9.10. The maximum absolute atomic E-state index is 6.11. The van der Waals surface area contributed by atoms with Crippen LogP contribution < -0.4 is 11.1 Å². The molecule has 0 amide bonds. The molecule has 0 fully saturated rings. The lowest BCUT2D eigenvalue weighted by molar-refractivity contribution is 0.718. The first kappa shape index (κ1) is 12.9. The third-order valence-corrected chi connectivity index (χ3v) is 3.06. The van der Waals surface area contributed by atoms with E-state index in [1.807, 2.05) is 13.1 Å². The lowest BCUT2D eigenvalue weighted by atomic mass is 10.1. The van der Waals surface area contributed by atoms with Gasteiger partial charge in [-0.1, -0.05) is 13.8 Å². The van der Waals surface area contributed by atoms with Gasteiger partial charge in [-0.25, -0.2) is 0 Å². The van der Waals surface area contributed by atoms with Gasteiger partial charge in [0.15, 0.2) is 5.82 Å². The Morgan fingerprint density at radius 1 is 1.39 bits per heavy atom. The highest BCUT2D eigenvalue weighted by Gasteiger charge is 2.15. The van der Waals surface area contributed by atoms with E-state index in [0.29, 0.717) is 11.6 Å². The fraction of sp³-hybridized carbons (Fsp3) is 0.333. The van der Waals surface area contributed by atoms with Crippen LogP contribution in [-0.4, -0.2) is 14.8 Å². The van der Waals surface area contributed by atoms with Gasteiger partial charge < -0.3 is 11.1 Å². The maximum Gasteiger partial charge on any atom is 0.152 e. The van der Waals surface area contributed by atoms with Crippen LogP contribution in [-0.2, 0) is 7.05 Å². The molecule has 0 aliphatic rings. The number of hydrogen-bond acceptors (Lipinski definition) is 4. The number of aromatic nitrogens is 3. The summed E-state index contributed by atoms with van der Waals surface area (Å²) >= 11 is 3.38. The molecular weight excluding hydrogens is 294 g/mol. The second kappa shape index (κ2) is 4.97. The van der Waals surface area contributed by atoms with Gasteiger partial charge in [-0.15, -0.1) is 0 Å². The van der Waals surface area contributed by atoms with Gasteiger partial charge in [-0.3, -0.25) is 9.67 Å². The Hall–Kier alpha value is -1.56. The number of nitrogens with one attached hydrogen (secondary N) is 1. The zero-order chi connectivity index (χ0) is 13.3. The zero-order valence-corrected chi connectivity index (χ0v) is 12.2. The molecule has 2 heterocycles. The number of nitrogen functional groups attached to an aromatic ring is 1. The molecule has 96 valence electrons. The van der Waals surface area contributed by atoms with E-state index in [0.717, 1.165) is 21.7 Å². The van der Waals surface area contributed by atoms with Crippen LogP contribution in [0.1, 0.15) is 25.5 Å². The largest absolute Gasteiger partial charge is 0.394 e. The van der Waals surface area contributed by atoms with E-state index in [4.69, 9.17) is 5.73 Å². The van der Waals surface area contributed by atoms with Crippen molar-refractivity contribution in [3.05, 3.63) is 28.6 Å². The van der Waals surface area contributed by atoms with Crippen molar-refractivity contribution in [2.45, 2.75) is 19.8 Å². The van der Waals surface area contributed by atoms with Crippen molar-refractivity contribution >= 4 is 33.1 Å².